The fourth-order valence-corrected chi connectivity index (χ4v) is 2.23. The van der Waals surface area contributed by atoms with E-state index in [1.54, 1.807) is 11.8 Å². The summed E-state index contributed by atoms with van der Waals surface area (Å²) in [6, 6.07) is 0. The quantitative estimate of drug-likeness (QED) is 0.755. The number of ether oxygens (including phenoxy) is 1. The van der Waals surface area contributed by atoms with Crippen LogP contribution in [0.25, 0.3) is 0 Å². The van der Waals surface area contributed by atoms with Crippen molar-refractivity contribution < 1.29 is 14.3 Å². The first-order valence-electron chi connectivity index (χ1n) is 6.62. The zero-order valence-electron chi connectivity index (χ0n) is 11.6. The van der Waals surface area contributed by atoms with Gasteiger partial charge in [-0.05, 0) is 19.8 Å². The molecule has 0 radical (unpaired) electrons. The molecule has 110 valence electrons. The Bertz CT molecular complexity index is 554. The van der Waals surface area contributed by atoms with E-state index in [2.05, 4.69) is 10.1 Å². The number of rotatable bonds is 3. The number of nitrogens with one attached hydrogen (secondary N) is 1. The third-order valence-corrected chi connectivity index (χ3v) is 3.37. The molecule has 0 atom stereocenters. The molecule has 0 bridgehead atoms. The highest BCUT2D eigenvalue weighted by molar-refractivity contribution is 5.90. The summed E-state index contributed by atoms with van der Waals surface area (Å²) in [4.78, 5) is 39.0. The van der Waals surface area contributed by atoms with Gasteiger partial charge in [0, 0.05) is 20.1 Å². The van der Waals surface area contributed by atoms with E-state index in [-0.39, 0.29) is 23.6 Å². The molecule has 8 heteroatoms. The Hall–Kier alpha value is -2.12. The standard InChI is InChI=1S/C12H18N4O4/c1-3-20-11(18)8-4-6-16(7-5-8)10(17)9-13-12(19)15(2)14-9/h8H,3-7H2,1-2H3,(H,13,14,19). The highest BCUT2D eigenvalue weighted by Crippen LogP contribution is 2.19. The number of carbonyl (C=O) groups excluding carboxylic acids is 2. The monoisotopic (exact) mass is 282 g/mol. The van der Waals surface area contributed by atoms with Crippen molar-refractivity contribution >= 4 is 11.9 Å². The molecule has 2 heterocycles. The van der Waals surface area contributed by atoms with Crippen LogP contribution in [-0.2, 0) is 16.6 Å². The number of aryl methyl sites for hydroxylation is 1. The zero-order valence-corrected chi connectivity index (χ0v) is 11.6. The highest BCUT2D eigenvalue weighted by atomic mass is 16.5. The number of aromatic amines is 1. The predicted octanol–water partition coefficient (Wildman–Crippen LogP) is -0.476. The molecule has 0 spiro atoms. The van der Waals surface area contributed by atoms with Crippen LogP contribution in [0.15, 0.2) is 4.79 Å². The van der Waals surface area contributed by atoms with Crippen molar-refractivity contribution in [2.75, 3.05) is 19.7 Å². The summed E-state index contributed by atoms with van der Waals surface area (Å²) in [5.41, 5.74) is -0.422. The molecule has 0 aromatic carbocycles. The number of likely N-dealkylation sites (tertiary alicyclic amines) is 1. The number of aromatic nitrogens is 3. The molecule has 8 nitrogen and oxygen atoms in total. The molecule has 1 N–H and O–H groups in total. The molecule has 2 rings (SSSR count). The van der Waals surface area contributed by atoms with Crippen LogP contribution in [0, 0.1) is 5.92 Å². The molecule has 1 aliphatic heterocycles. The van der Waals surface area contributed by atoms with Gasteiger partial charge in [0.1, 0.15) is 0 Å². The number of hydrogen-bond acceptors (Lipinski definition) is 5. The fraction of sp³-hybridized carbons (Fsp3) is 0.667. The maximum absolute atomic E-state index is 12.1. The summed E-state index contributed by atoms with van der Waals surface area (Å²) in [5, 5.41) is 3.83. The minimum atomic E-state index is -0.422. The lowest BCUT2D eigenvalue weighted by Crippen LogP contribution is -2.41. The summed E-state index contributed by atoms with van der Waals surface area (Å²) in [5.74, 6) is -0.635. The fourth-order valence-electron chi connectivity index (χ4n) is 2.23. The van der Waals surface area contributed by atoms with Crippen LogP contribution in [0.3, 0.4) is 0 Å². The number of carbonyl (C=O) groups is 2. The normalized spacial score (nSPS) is 16.2. The minimum Gasteiger partial charge on any atom is -0.466 e. The third-order valence-electron chi connectivity index (χ3n) is 3.37. The molecule has 1 fully saturated rings. The van der Waals surface area contributed by atoms with Crippen LogP contribution in [-0.4, -0.2) is 51.2 Å². The van der Waals surface area contributed by atoms with Crippen molar-refractivity contribution in [1.82, 2.24) is 19.7 Å². The van der Waals surface area contributed by atoms with Crippen molar-refractivity contribution in [1.29, 1.82) is 0 Å². The second-order valence-electron chi connectivity index (χ2n) is 4.72. The van der Waals surface area contributed by atoms with E-state index in [9.17, 15) is 14.4 Å². The summed E-state index contributed by atoms with van der Waals surface area (Å²) >= 11 is 0. The van der Waals surface area contributed by atoms with Crippen LogP contribution in [0.1, 0.15) is 30.4 Å². The van der Waals surface area contributed by atoms with Crippen LogP contribution < -0.4 is 5.69 Å². The average molecular weight is 282 g/mol. The summed E-state index contributed by atoms with van der Waals surface area (Å²) in [6.07, 6.45) is 1.14. The molecule has 20 heavy (non-hydrogen) atoms. The maximum Gasteiger partial charge on any atom is 0.343 e. The Morgan fingerprint density at radius 1 is 1.40 bits per heavy atom. The molecule has 1 aliphatic rings. The molecule has 0 unspecified atom stereocenters. The molecule has 1 aromatic rings. The third kappa shape index (κ3) is 2.89. The largest absolute Gasteiger partial charge is 0.466 e. The molecular weight excluding hydrogens is 264 g/mol. The number of amides is 1. The van der Waals surface area contributed by atoms with Crippen molar-refractivity contribution in [3.05, 3.63) is 16.3 Å². The van der Waals surface area contributed by atoms with Gasteiger partial charge < -0.3 is 9.64 Å². The predicted molar refractivity (Wildman–Crippen MR) is 69.1 cm³/mol. The number of hydrogen-bond donors (Lipinski definition) is 1. The lowest BCUT2D eigenvalue weighted by atomic mass is 9.97. The van der Waals surface area contributed by atoms with Gasteiger partial charge in [0.2, 0.25) is 5.82 Å². The number of H-pyrrole nitrogens is 1. The van der Waals surface area contributed by atoms with Gasteiger partial charge in [-0.3, -0.25) is 14.6 Å². The maximum atomic E-state index is 12.1. The second-order valence-corrected chi connectivity index (χ2v) is 4.72. The van der Waals surface area contributed by atoms with Crippen molar-refractivity contribution in [2.24, 2.45) is 13.0 Å². The first kappa shape index (κ1) is 14.3. The lowest BCUT2D eigenvalue weighted by molar-refractivity contribution is -0.149. The van der Waals surface area contributed by atoms with Gasteiger partial charge in [-0.1, -0.05) is 0 Å². The molecular formula is C12H18N4O4. The van der Waals surface area contributed by atoms with Crippen molar-refractivity contribution in [3.63, 3.8) is 0 Å². The van der Waals surface area contributed by atoms with Crippen molar-refractivity contribution in [2.45, 2.75) is 19.8 Å². The van der Waals surface area contributed by atoms with E-state index in [0.717, 1.165) is 4.68 Å². The Morgan fingerprint density at radius 3 is 2.55 bits per heavy atom. The first-order valence-corrected chi connectivity index (χ1v) is 6.62. The van der Waals surface area contributed by atoms with Gasteiger partial charge in [-0.15, -0.1) is 5.10 Å². The smallest absolute Gasteiger partial charge is 0.343 e. The number of piperidine rings is 1. The van der Waals surface area contributed by atoms with Gasteiger partial charge >= 0.3 is 11.7 Å². The van der Waals surface area contributed by atoms with Crippen LogP contribution in [0.2, 0.25) is 0 Å². The Kier molecular flexibility index (Phi) is 4.21. The zero-order chi connectivity index (χ0) is 14.7. The van der Waals surface area contributed by atoms with Crippen LogP contribution >= 0.6 is 0 Å². The molecule has 0 saturated carbocycles. The SMILES string of the molecule is CCOC(=O)C1CCN(C(=O)c2nn(C)c(=O)[nH]2)CC1. The number of esters is 1. The van der Waals surface area contributed by atoms with E-state index >= 15 is 0 Å². The highest BCUT2D eigenvalue weighted by Gasteiger charge is 2.29. The number of nitrogens with zero attached hydrogens (tertiary/aromatic N) is 3. The molecule has 0 aliphatic carbocycles. The van der Waals surface area contributed by atoms with Gasteiger partial charge in [0.05, 0.1) is 12.5 Å². The average Bonchev–Trinajstić information content (AvgIpc) is 2.78. The van der Waals surface area contributed by atoms with E-state index in [4.69, 9.17) is 4.74 Å². The Morgan fingerprint density at radius 2 is 2.05 bits per heavy atom. The van der Waals surface area contributed by atoms with Gasteiger partial charge in [0.25, 0.3) is 5.91 Å². The van der Waals surface area contributed by atoms with Crippen LogP contribution in [0.4, 0.5) is 0 Å². The van der Waals surface area contributed by atoms with Gasteiger partial charge in [0.15, 0.2) is 0 Å². The summed E-state index contributed by atoms with van der Waals surface area (Å²) < 4.78 is 6.06. The topological polar surface area (TPSA) is 97.3 Å². The Balaban J connectivity index is 1.95. The van der Waals surface area contributed by atoms with Gasteiger partial charge in [-0.2, -0.15) is 0 Å². The van der Waals surface area contributed by atoms with E-state index in [1.165, 1.54) is 7.05 Å². The Labute approximate surface area is 115 Å². The minimum absolute atomic E-state index is 0.0343. The van der Waals surface area contributed by atoms with E-state index in [1.807, 2.05) is 0 Å². The van der Waals surface area contributed by atoms with Crippen LogP contribution in [0.5, 0.6) is 0 Å². The second kappa shape index (κ2) is 5.89. The summed E-state index contributed by atoms with van der Waals surface area (Å²) in [7, 11) is 1.47. The molecule has 1 saturated heterocycles. The molecule has 1 aromatic heterocycles. The molecule has 1 amide bonds. The van der Waals surface area contributed by atoms with Crippen molar-refractivity contribution in [3.8, 4) is 0 Å². The van der Waals surface area contributed by atoms with E-state index < -0.39 is 5.69 Å². The van der Waals surface area contributed by atoms with E-state index in [0.29, 0.717) is 32.5 Å². The summed E-state index contributed by atoms with van der Waals surface area (Å²) in [6.45, 7) is 3.06. The first-order chi connectivity index (χ1) is 9.52. The lowest BCUT2D eigenvalue weighted by Gasteiger charge is -2.30. The van der Waals surface area contributed by atoms with Gasteiger partial charge in [-0.25, -0.2) is 9.48 Å².